The topological polar surface area (TPSA) is 6.48 Å². The minimum Gasteiger partial charge on any atom is -0.338 e. The highest BCUT2D eigenvalue weighted by Crippen LogP contribution is 2.57. The van der Waals surface area contributed by atoms with Gasteiger partial charge in [0.25, 0.3) is 6.71 Å². The Morgan fingerprint density at radius 2 is 1.36 bits per heavy atom. The van der Waals surface area contributed by atoms with Crippen LogP contribution in [-0.4, -0.2) is 12.8 Å². The van der Waals surface area contributed by atoms with Gasteiger partial charge in [-0.3, -0.25) is 0 Å². The highest BCUT2D eigenvalue weighted by atomic mass is 15.2. The van der Waals surface area contributed by atoms with Crippen LogP contribution in [-0.2, 0) is 16.2 Å². The maximum absolute atomic E-state index is 2.90. The molecule has 0 saturated heterocycles. The Bertz CT molecular complexity index is 2460. The van der Waals surface area contributed by atoms with Crippen LogP contribution in [0.15, 0.2) is 126 Å². The fraction of sp³-hybridized carbons (Fsp3) is 0.429. The second kappa shape index (κ2) is 13.5. The molecular weight excluding hydrogens is 711 g/mol. The Labute approximate surface area is 356 Å². The van der Waals surface area contributed by atoms with E-state index in [9.17, 15) is 0 Å². The molecule has 3 aliphatic heterocycles. The molecule has 3 aliphatic carbocycles. The molecule has 6 aliphatic rings. The third kappa shape index (κ3) is 6.02. The van der Waals surface area contributed by atoms with Crippen molar-refractivity contribution in [3.63, 3.8) is 0 Å². The molecule has 3 heterocycles. The summed E-state index contributed by atoms with van der Waals surface area (Å²) in [6.45, 7) is 24.3. The molecule has 0 fully saturated rings. The van der Waals surface area contributed by atoms with Crippen molar-refractivity contribution >= 4 is 40.3 Å². The van der Waals surface area contributed by atoms with Crippen LogP contribution in [0.5, 0.6) is 0 Å². The van der Waals surface area contributed by atoms with Crippen LogP contribution in [0, 0.1) is 17.3 Å². The van der Waals surface area contributed by atoms with E-state index in [2.05, 4.69) is 188 Å². The van der Waals surface area contributed by atoms with Crippen molar-refractivity contribution in [1.82, 2.24) is 0 Å². The maximum Gasteiger partial charge on any atom is 0.251 e. The van der Waals surface area contributed by atoms with Crippen LogP contribution in [0.3, 0.4) is 0 Å². The minimum atomic E-state index is -0.163. The minimum absolute atomic E-state index is 0.0314. The maximum atomic E-state index is 2.90. The van der Waals surface area contributed by atoms with E-state index in [0.29, 0.717) is 12.0 Å². The fourth-order valence-electron chi connectivity index (χ4n) is 12.0. The van der Waals surface area contributed by atoms with E-state index in [-0.39, 0.29) is 28.4 Å². The second-order valence-electron chi connectivity index (χ2n) is 22.0. The van der Waals surface area contributed by atoms with Crippen molar-refractivity contribution in [2.24, 2.45) is 17.3 Å². The van der Waals surface area contributed by atoms with E-state index in [1.54, 1.807) is 16.7 Å². The molecule has 3 heteroatoms. The Hall–Kier alpha value is -4.50. The lowest BCUT2D eigenvalue weighted by Gasteiger charge is -2.49. The second-order valence-corrected chi connectivity index (χ2v) is 22.0. The Kier molecular flexibility index (Phi) is 8.86. The molecule has 0 radical (unpaired) electrons. The standard InChI is InChI=1S/C56H65BN2/c1-53(2,3)36-24-28-42(29-25-36)58-48-31-26-39(54(4,5)6)34-45(48)57-46-35-41(56(9,10)38-20-15-12-16-21-38)33-44-43-32-40(55(7,8)37-18-13-11-14-19-37)27-30-47(43)59(52(44)46)50-23-17-22-49(58)51(50)57/h11-13,15-16,20-22,24-26,28-29,31-35,37,40,47H,14,17-19,23,27,30H2,1-10H3. The third-order valence-electron chi connectivity index (χ3n) is 15.9. The van der Waals surface area contributed by atoms with Crippen molar-refractivity contribution in [1.29, 1.82) is 0 Å². The zero-order valence-electron chi connectivity index (χ0n) is 37.5. The van der Waals surface area contributed by atoms with Crippen LogP contribution in [0.1, 0.15) is 142 Å². The Morgan fingerprint density at radius 1 is 0.644 bits per heavy atom. The summed E-state index contributed by atoms with van der Waals surface area (Å²) in [5.41, 5.74) is 20.5. The van der Waals surface area contributed by atoms with Gasteiger partial charge in [-0.25, -0.2) is 0 Å². The van der Waals surface area contributed by atoms with Crippen LogP contribution in [0.25, 0.3) is 5.57 Å². The van der Waals surface area contributed by atoms with Crippen molar-refractivity contribution < 1.29 is 0 Å². The summed E-state index contributed by atoms with van der Waals surface area (Å²) in [5.74, 6) is 1.30. The monoisotopic (exact) mass is 777 g/mol. The first-order chi connectivity index (χ1) is 28.0. The van der Waals surface area contributed by atoms with Gasteiger partial charge in [-0.1, -0.05) is 154 Å². The van der Waals surface area contributed by atoms with Gasteiger partial charge in [-0.05, 0) is 142 Å². The predicted octanol–water partition coefficient (Wildman–Crippen LogP) is 13.2. The first-order valence-corrected chi connectivity index (χ1v) is 22.9. The predicted molar refractivity (Wildman–Crippen MR) is 254 cm³/mol. The van der Waals surface area contributed by atoms with E-state index < -0.39 is 0 Å². The molecule has 59 heavy (non-hydrogen) atoms. The Morgan fingerprint density at radius 3 is 2.05 bits per heavy atom. The van der Waals surface area contributed by atoms with Gasteiger partial charge in [0.2, 0.25) is 0 Å². The average molecular weight is 777 g/mol. The summed E-state index contributed by atoms with van der Waals surface area (Å²) in [4.78, 5) is 5.54. The van der Waals surface area contributed by atoms with E-state index in [4.69, 9.17) is 0 Å². The zero-order chi connectivity index (χ0) is 41.2. The number of rotatable bonds is 5. The lowest BCUT2D eigenvalue weighted by atomic mass is 9.31. The van der Waals surface area contributed by atoms with Crippen molar-refractivity contribution in [3.8, 4) is 0 Å². The summed E-state index contributed by atoms with van der Waals surface area (Å²) < 4.78 is 0. The molecule has 0 bridgehead atoms. The molecule has 10 rings (SSSR count). The number of hydrogen-bond donors (Lipinski definition) is 0. The van der Waals surface area contributed by atoms with Gasteiger partial charge in [0.05, 0.1) is 6.04 Å². The first kappa shape index (κ1) is 38.7. The van der Waals surface area contributed by atoms with Crippen molar-refractivity contribution in [2.75, 3.05) is 9.80 Å². The van der Waals surface area contributed by atoms with E-state index >= 15 is 0 Å². The number of benzene rings is 4. The third-order valence-corrected chi connectivity index (χ3v) is 15.9. The number of nitrogens with zero attached hydrogens (tertiary/aromatic N) is 2. The fourth-order valence-corrected chi connectivity index (χ4v) is 12.0. The molecule has 0 spiro atoms. The van der Waals surface area contributed by atoms with Gasteiger partial charge >= 0.3 is 0 Å². The molecule has 4 aromatic carbocycles. The summed E-state index contributed by atoms with van der Waals surface area (Å²) in [6, 6.07) is 33.9. The molecule has 3 atom stereocenters. The van der Waals surface area contributed by atoms with Gasteiger partial charge in [-0.2, -0.15) is 0 Å². The lowest BCUT2D eigenvalue weighted by molar-refractivity contribution is 0.123. The van der Waals surface area contributed by atoms with Crippen LogP contribution in [0.2, 0.25) is 0 Å². The van der Waals surface area contributed by atoms with Crippen LogP contribution >= 0.6 is 0 Å². The lowest BCUT2D eigenvalue weighted by Crippen LogP contribution is -2.58. The summed E-state index contributed by atoms with van der Waals surface area (Å²) >= 11 is 0. The molecule has 0 amide bonds. The molecule has 0 saturated carbocycles. The summed E-state index contributed by atoms with van der Waals surface area (Å²) in [6.07, 6.45) is 18.6. The van der Waals surface area contributed by atoms with E-state index in [0.717, 1.165) is 18.8 Å². The quantitative estimate of drug-likeness (QED) is 0.147. The normalized spacial score (nSPS) is 22.4. The van der Waals surface area contributed by atoms with E-state index in [1.165, 1.54) is 93.6 Å². The van der Waals surface area contributed by atoms with Crippen LogP contribution in [0.4, 0.5) is 17.1 Å². The SMILES string of the molecule is CC(C)(C)c1ccc(N2C3=CCCC4=C3B(c3cc(C(C)(C)C)ccc32)c2cc(C(C)(C)c3ccccc3)cc3c2N4C2CCC(C(C)(C)C4CC=CCC4)C=C32)cc1. The number of fused-ring (bicyclic) bond motifs is 7. The Balaban J connectivity index is 1.23. The van der Waals surface area contributed by atoms with Gasteiger partial charge in [0, 0.05) is 39.4 Å². The van der Waals surface area contributed by atoms with E-state index in [1.807, 2.05) is 0 Å². The molecular formula is C56H65BN2. The van der Waals surface area contributed by atoms with Gasteiger partial charge < -0.3 is 9.80 Å². The van der Waals surface area contributed by atoms with Crippen molar-refractivity contribution in [2.45, 2.75) is 136 Å². The average Bonchev–Trinajstić information content (AvgIpc) is 3.56. The largest absolute Gasteiger partial charge is 0.338 e. The number of allylic oxidation sites excluding steroid dienone is 6. The summed E-state index contributed by atoms with van der Waals surface area (Å²) in [5, 5.41) is 0. The molecule has 0 N–H and O–H groups in total. The van der Waals surface area contributed by atoms with Gasteiger partial charge in [0.1, 0.15) is 0 Å². The first-order valence-electron chi connectivity index (χ1n) is 22.9. The highest BCUT2D eigenvalue weighted by Gasteiger charge is 2.52. The number of hydrogen-bond acceptors (Lipinski definition) is 2. The highest BCUT2D eigenvalue weighted by molar-refractivity contribution is 6.95. The summed E-state index contributed by atoms with van der Waals surface area (Å²) in [7, 11) is 0. The molecule has 302 valence electrons. The molecule has 0 aromatic heterocycles. The van der Waals surface area contributed by atoms with Gasteiger partial charge in [0.15, 0.2) is 0 Å². The van der Waals surface area contributed by atoms with Crippen LogP contribution < -0.4 is 20.7 Å². The van der Waals surface area contributed by atoms with Gasteiger partial charge in [-0.15, -0.1) is 0 Å². The molecule has 2 nitrogen and oxygen atoms in total. The molecule has 4 aromatic rings. The van der Waals surface area contributed by atoms with Crippen molar-refractivity contribution in [3.05, 3.63) is 154 Å². The smallest absolute Gasteiger partial charge is 0.251 e. The zero-order valence-corrected chi connectivity index (χ0v) is 37.5. The number of anilines is 3. The molecule has 3 unspecified atom stereocenters.